The molecule has 0 atom stereocenters. The average Bonchev–Trinajstić information content (AvgIpc) is 2.85. The number of thioether (sulfide) groups is 1. The Morgan fingerprint density at radius 2 is 2.13 bits per heavy atom. The van der Waals surface area contributed by atoms with Crippen LogP contribution in [-0.2, 0) is 17.1 Å². The van der Waals surface area contributed by atoms with Gasteiger partial charge < -0.3 is 15.6 Å². The molecule has 7 heteroatoms. The van der Waals surface area contributed by atoms with Crippen molar-refractivity contribution >= 4 is 23.6 Å². The fraction of sp³-hybridized carbons (Fsp3) is 0.312. The number of nitrogens with one attached hydrogen (secondary N) is 1. The number of benzene rings is 1. The normalized spacial score (nSPS) is 10.5. The molecule has 0 aliphatic heterocycles. The monoisotopic (exact) mass is 333 g/mol. The molecule has 6 nitrogen and oxygen atoms in total. The Morgan fingerprint density at radius 3 is 2.78 bits per heavy atom. The molecule has 2 aromatic rings. The quantitative estimate of drug-likeness (QED) is 0.807. The van der Waals surface area contributed by atoms with Crippen LogP contribution in [0.2, 0.25) is 0 Å². The molecule has 0 saturated carbocycles. The van der Waals surface area contributed by atoms with Gasteiger partial charge in [-0.1, -0.05) is 17.3 Å². The van der Waals surface area contributed by atoms with Gasteiger partial charge in [-0.05, 0) is 31.5 Å². The lowest BCUT2D eigenvalue weighted by Gasteiger charge is -2.06. The summed E-state index contributed by atoms with van der Waals surface area (Å²) in [5, 5.41) is 6.71. The molecule has 2 amide bonds. The highest BCUT2D eigenvalue weighted by Gasteiger charge is 2.10. The summed E-state index contributed by atoms with van der Waals surface area (Å²) in [4.78, 5) is 23.0. The van der Waals surface area contributed by atoms with Crippen molar-refractivity contribution in [1.82, 2.24) is 10.5 Å². The number of nitrogens with zero attached hydrogens (tertiary/aromatic N) is 1. The van der Waals surface area contributed by atoms with Crippen molar-refractivity contribution in [2.75, 3.05) is 5.75 Å². The van der Waals surface area contributed by atoms with Gasteiger partial charge in [-0.2, -0.15) is 0 Å². The molecule has 0 bridgehead atoms. The molecular weight excluding hydrogens is 314 g/mol. The van der Waals surface area contributed by atoms with E-state index >= 15 is 0 Å². The van der Waals surface area contributed by atoms with Crippen LogP contribution < -0.4 is 11.1 Å². The fourth-order valence-electron chi connectivity index (χ4n) is 2.04. The highest BCUT2D eigenvalue weighted by molar-refractivity contribution is 7.99. The van der Waals surface area contributed by atoms with Crippen LogP contribution in [0.15, 0.2) is 28.8 Å². The van der Waals surface area contributed by atoms with E-state index in [0.29, 0.717) is 23.6 Å². The zero-order chi connectivity index (χ0) is 16.8. The molecule has 3 N–H and O–H groups in total. The second-order valence-corrected chi connectivity index (χ2v) is 6.12. The van der Waals surface area contributed by atoms with Gasteiger partial charge in [-0.3, -0.25) is 9.59 Å². The summed E-state index contributed by atoms with van der Waals surface area (Å²) < 4.78 is 5.09. The summed E-state index contributed by atoms with van der Waals surface area (Å²) in [5.74, 6) is 1.28. The Balaban J connectivity index is 1.77. The third-order valence-electron chi connectivity index (χ3n) is 3.36. The molecule has 0 radical (unpaired) electrons. The second kappa shape index (κ2) is 7.82. The van der Waals surface area contributed by atoms with Crippen molar-refractivity contribution in [2.45, 2.75) is 26.1 Å². The van der Waals surface area contributed by atoms with Gasteiger partial charge in [0.1, 0.15) is 5.76 Å². The van der Waals surface area contributed by atoms with Gasteiger partial charge in [0.15, 0.2) is 0 Å². The summed E-state index contributed by atoms with van der Waals surface area (Å²) in [6.07, 6.45) is 0. The van der Waals surface area contributed by atoms with Crippen LogP contribution in [0.5, 0.6) is 0 Å². The molecule has 1 aromatic carbocycles. The molecule has 1 aromatic heterocycles. The molecule has 0 unspecified atom stereocenters. The maximum absolute atomic E-state index is 11.9. The van der Waals surface area contributed by atoms with Crippen molar-refractivity contribution in [3.63, 3.8) is 0 Å². The summed E-state index contributed by atoms with van der Waals surface area (Å²) in [6.45, 7) is 4.12. The van der Waals surface area contributed by atoms with Gasteiger partial charge in [0.25, 0.3) is 0 Å². The van der Waals surface area contributed by atoms with Crippen molar-refractivity contribution in [3.05, 3.63) is 52.4 Å². The average molecular weight is 333 g/mol. The molecule has 1 heterocycles. The number of hydrogen-bond acceptors (Lipinski definition) is 5. The molecule has 0 aliphatic rings. The number of aromatic nitrogens is 1. The van der Waals surface area contributed by atoms with Crippen LogP contribution in [0.3, 0.4) is 0 Å². The first kappa shape index (κ1) is 17.1. The maximum Gasteiger partial charge on any atom is 0.248 e. The van der Waals surface area contributed by atoms with Crippen LogP contribution in [0.1, 0.15) is 32.9 Å². The van der Waals surface area contributed by atoms with Gasteiger partial charge in [0.2, 0.25) is 11.8 Å². The van der Waals surface area contributed by atoms with Gasteiger partial charge in [-0.15, -0.1) is 11.8 Å². The van der Waals surface area contributed by atoms with E-state index in [-0.39, 0.29) is 5.91 Å². The lowest BCUT2D eigenvalue weighted by molar-refractivity contribution is -0.118. The van der Waals surface area contributed by atoms with E-state index in [1.807, 2.05) is 19.9 Å². The predicted octanol–water partition coefficient (Wildman–Crippen LogP) is 1.94. The number of primary amides is 1. The summed E-state index contributed by atoms with van der Waals surface area (Å²) in [6, 6.07) is 6.91. The van der Waals surface area contributed by atoms with E-state index in [4.69, 9.17) is 10.3 Å². The van der Waals surface area contributed by atoms with E-state index in [1.165, 1.54) is 11.8 Å². The molecular formula is C16H19N3O3S. The van der Waals surface area contributed by atoms with Crippen molar-refractivity contribution in [1.29, 1.82) is 0 Å². The van der Waals surface area contributed by atoms with Crippen molar-refractivity contribution in [2.24, 2.45) is 5.73 Å². The molecule has 0 saturated heterocycles. The summed E-state index contributed by atoms with van der Waals surface area (Å²) in [7, 11) is 0. The molecule has 0 aliphatic carbocycles. The van der Waals surface area contributed by atoms with Crippen LogP contribution in [0.25, 0.3) is 0 Å². The Kier molecular flexibility index (Phi) is 5.81. The minimum absolute atomic E-state index is 0.0637. The number of carbonyl (C=O) groups excluding carboxylic acids is 2. The number of hydrogen-bond donors (Lipinski definition) is 2. The second-order valence-electron chi connectivity index (χ2n) is 5.14. The molecule has 0 fully saturated rings. The van der Waals surface area contributed by atoms with Gasteiger partial charge in [0.05, 0.1) is 11.4 Å². The summed E-state index contributed by atoms with van der Waals surface area (Å²) >= 11 is 1.50. The lowest BCUT2D eigenvalue weighted by atomic mass is 10.1. The first-order valence-corrected chi connectivity index (χ1v) is 8.27. The molecule has 23 heavy (non-hydrogen) atoms. The van der Waals surface area contributed by atoms with Crippen LogP contribution in [0, 0.1) is 13.8 Å². The molecule has 122 valence electrons. The number of aryl methyl sites for hydroxylation is 2. The van der Waals surface area contributed by atoms with E-state index in [0.717, 1.165) is 22.6 Å². The number of carbonyl (C=O) groups is 2. The highest BCUT2D eigenvalue weighted by atomic mass is 32.2. The lowest BCUT2D eigenvalue weighted by Crippen LogP contribution is -2.24. The third kappa shape index (κ3) is 4.85. The largest absolute Gasteiger partial charge is 0.366 e. The van der Waals surface area contributed by atoms with Gasteiger partial charge in [0, 0.05) is 23.4 Å². The predicted molar refractivity (Wildman–Crippen MR) is 88.9 cm³/mol. The Bertz CT molecular complexity index is 693. The van der Waals surface area contributed by atoms with Crippen LogP contribution in [0.4, 0.5) is 0 Å². The third-order valence-corrected chi connectivity index (χ3v) is 4.32. The van der Waals surface area contributed by atoms with E-state index < -0.39 is 5.91 Å². The topological polar surface area (TPSA) is 98.2 Å². The van der Waals surface area contributed by atoms with Crippen molar-refractivity contribution in [3.8, 4) is 0 Å². The number of nitrogens with two attached hydrogens (primary N) is 1. The maximum atomic E-state index is 11.9. The van der Waals surface area contributed by atoms with Gasteiger partial charge >= 0.3 is 0 Å². The van der Waals surface area contributed by atoms with Crippen LogP contribution in [-0.4, -0.2) is 22.7 Å². The fourth-order valence-corrected chi connectivity index (χ4v) is 3.05. The zero-order valence-electron chi connectivity index (χ0n) is 13.1. The summed E-state index contributed by atoms with van der Waals surface area (Å²) in [5.41, 5.74) is 8.40. The van der Waals surface area contributed by atoms with E-state index in [2.05, 4.69) is 10.5 Å². The highest BCUT2D eigenvalue weighted by Crippen LogP contribution is 2.19. The molecule has 0 spiro atoms. The minimum atomic E-state index is -0.479. The smallest absolute Gasteiger partial charge is 0.248 e. The molecule has 2 rings (SSSR count). The Hall–Kier alpha value is -2.28. The standard InChI is InChI=1S/C16H19N3O3S/c1-10-14(11(2)22-19-10)8-23-9-15(20)18-7-12-4-3-5-13(6-12)16(17)21/h3-6H,7-9H2,1-2H3,(H2,17,21)(H,18,20). The first-order valence-electron chi connectivity index (χ1n) is 7.12. The van der Waals surface area contributed by atoms with E-state index in [1.54, 1.807) is 18.2 Å². The van der Waals surface area contributed by atoms with Crippen molar-refractivity contribution < 1.29 is 14.1 Å². The Morgan fingerprint density at radius 1 is 1.35 bits per heavy atom. The van der Waals surface area contributed by atoms with Crippen LogP contribution >= 0.6 is 11.8 Å². The number of rotatable bonds is 7. The number of amides is 2. The first-order chi connectivity index (χ1) is 11.0. The zero-order valence-corrected chi connectivity index (χ0v) is 13.9. The SMILES string of the molecule is Cc1noc(C)c1CSCC(=O)NCc1cccc(C(N)=O)c1. The van der Waals surface area contributed by atoms with Gasteiger partial charge in [-0.25, -0.2) is 0 Å². The van der Waals surface area contributed by atoms with E-state index in [9.17, 15) is 9.59 Å². The Labute approximate surface area is 138 Å². The minimum Gasteiger partial charge on any atom is -0.366 e.